The van der Waals surface area contributed by atoms with E-state index in [1.54, 1.807) is 19.1 Å². The number of aryl methyl sites for hydroxylation is 1. The van der Waals surface area contributed by atoms with Crippen molar-refractivity contribution >= 4 is 23.1 Å². The maximum Gasteiger partial charge on any atom is 0.287 e. The molecule has 0 aliphatic rings. The number of anilines is 3. The second kappa shape index (κ2) is 7.42. The monoisotopic (exact) mass is 350 g/mol. The Balaban J connectivity index is 2.40. The first-order valence-corrected chi connectivity index (χ1v) is 7.73. The summed E-state index contributed by atoms with van der Waals surface area (Å²) in [6.45, 7) is 6.03. The summed E-state index contributed by atoms with van der Waals surface area (Å²) >= 11 is 0. The van der Waals surface area contributed by atoms with Crippen molar-refractivity contribution in [3.63, 3.8) is 0 Å². The molecule has 0 aliphatic heterocycles. The van der Waals surface area contributed by atoms with Crippen molar-refractivity contribution in [3.05, 3.63) is 35.8 Å². The van der Waals surface area contributed by atoms with Crippen molar-refractivity contribution in [3.8, 4) is 5.75 Å². The largest absolute Gasteiger partial charge is 0.490 e. The SMILES string of the molecule is CCOc1cnc(NC(C)=O)cc1Nc1cc(C)nc(C(C)(F)F)c1. The Kier molecular flexibility index (Phi) is 5.51. The third kappa shape index (κ3) is 5.10. The molecule has 0 radical (unpaired) electrons. The van der Waals surface area contributed by atoms with Gasteiger partial charge in [0.25, 0.3) is 5.92 Å². The van der Waals surface area contributed by atoms with Crippen LogP contribution < -0.4 is 15.4 Å². The van der Waals surface area contributed by atoms with Crippen LogP contribution in [0.4, 0.5) is 26.0 Å². The first-order valence-electron chi connectivity index (χ1n) is 7.73. The van der Waals surface area contributed by atoms with E-state index in [1.165, 1.54) is 19.2 Å². The number of hydrogen-bond acceptors (Lipinski definition) is 5. The molecular weight excluding hydrogens is 330 g/mol. The van der Waals surface area contributed by atoms with E-state index >= 15 is 0 Å². The first kappa shape index (κ1) is 18.6. The molecule has 1 amide bonds. The van der Waals surface area contributed by atoms with Gasteiger partial charge in [0.05, 0.1) is 18.5 Å². The number of alkyl halides is 2. The predicted octanol–water partition coefficient (Wildman–Crippen LogP) is 4.00. The van der Waals surface area contributed by atoms with E-state index in [4.69, 9.17) is 4.74 Å². The molecule has 0 atom stereocenters. The van der Waals surface area contributed by atoms with Gasteiger partial charge in [0.2, 0.25) is 5.91 Å². The zero-order chi connectivity index (χ0) is 18.6. The van der Waals surface area contributed by atoms with Gasteiger partial charge in [-0.25, -0.2) is 4.98 Å². The van der Waals surface area contributed by atoms with E-state index in [-0.39, 0.29) is 11.6 Å². The normalized spacial score (nSPS) is 11.1. The van der Waals surface area contributed by atoms with Gasteiger partial charge in [0, 0.05) is 31.3 Å². The maximum atomic E-state index is 13.6. The highest BCUT2D eigenvalue weighted by atomic mass is 19.3. The highest BCUT2D eigenvalue weighted by molar-refractivity contribution is 5.88. The molecule has 2 heterocycles. The molecule has 0 saturated heterocycles. The highest BCUT2D eigenvalue weighted by Gasteiger charge is 2.27. The van der Waals surface area contributed by atoms with Crippen LogP contribution in [0.3, 0.4) is 0 Å². The van der Waals surface area contributed by atoms with Gasteiger partial charge in [-0.3, -0.25) is 9.78 Å². The van der Waals surface area contributed by atoms with Crippen LogP contribution in [0.25, 0.3) is 0 Å². The van der Waals surface area contributed by atoms with Crippen molar-refractivity contribution in [2.45, 2.75) is 33.6 Å². The predicted molar refractivity (Wildman–Crippen MR) is 91.5 cm³/mol. The lowest BCUT2D eigenvalue weighted by atomic mass is 10.2. The van der Waals surface area contributed by atoms with E-state index in [1.807, 2.05) is 6.92 Å². The average Bonchev–Trinajstić information content (AvgIpc) is 2.48. The summed E-state index contributed by atoms with van der Waals surface area (Å²) in [5, 5.41) is 5.60. The van der Waals surface area contributed by atoms with E-state index in [9.17, 15) is 13.6 Å². The van der Waals surface area contributed by atoms with Gasteiger partial charge in [-0.2, -0.15) is 8.78 Å². The van der Waals surface area contributed by atoms with Gasteiger partial charge >= 0.3 is 0 Å². The molecule has 2 aromatic heterocycles. The maximum absolute atomic E-state index is 13.6. The van der Waals surface area contributed by atoms with E-state index in [0.29, 0.717) is 35.2 Å². The summed E-state index contributed by atoms with van der Waals surface area (Å²) in [5.74, 6) is -2.55. The lowest BCUT2D eigenvalue weighted by Gasteiger charge is -2.16. The van der Waals surface area contributed by atoms with Crippen LogP contribution >= 0.6 is 0 Å². The van der Waals surface area contributed by atoms with Crippen molar-refractivity contribution < 1.29 is 18.3 Å². The Bertz CT molecular complexity index is 776. The summed E-state index contributed by atoms with van der Waals surface area (Å²) in [7, 11) is 0. The number of amides is 1. The van der Waals surface area contributed by atoms with Gasteiger partial charge in [0.1, 0.15) is 11.5 Å². The standard InChI is InChI=1S/C17H20F2N4O2/c1-5-25-14-9-20-16(22-11(3)24)8-13(14)23-12-6-10(2)21-15(7-12)17(4,18)19/h6-9H,5H2,1-4H3,(H2,20,21,22,23,24). The quantitative estimate of drug-likeness (QED) is 0.824. The molecule has 2 N–H and O–H groups in total. The van der Waals surface area contributed by atoms with Gasteiger partial charge in [-0.05, 0) is 26.0 Å². The zero-order valence-corrected chi connectivity index (χ0v) is 14.5. The molecule has 134 valence electrons. The Morgan fingerprint density at radius 3 is 2.64 bits per heavy atom. The van der Waals surface area contributed by atoms with Crippen LogP contribution in [0.15, 0.2) is 24.4 Å². The number of hydrogen-bond donors (Lipinski definition) is 2. The average molecular weight is 350 g/mol. The number of pyridine rings is 2. The smallest absolute Gasteiger partial charge is 0.287 e. The Labute approximate surface area is 144 Å². The number of halogens is 2. The van der Waals surface area contributed by atoms with Crippen LogP contribution in [0.1, 0.15) is 32.2 Å². The number of rotatable bonds is 6. The van der Waals surface area contributed by atoms with Crippen molar-refractivity contribution in [1.29, 1.82) is 0 Å². The van der Waals surface area contributed by atoms with Crippen molar-refractivity contribution in [1.82, 2.24) is 9.97 Å². The summed E-state index contributed by atoms with van der Waals surface area (Å²) in [5.41, 5.74) is 1.06. The molecule has 0 fully saturated rings. The van der Waals surface area contributed by atoms with E-state index < -0.39 is 5.92 Å². The fraction of sp³-hybridized carbons (Fsp3) is 0.353. The van der Waals surface area contributed by atoms with E-state index in [2.05, 4.69) is 20.6 Å². The molecule has 0 aliphatic carbocycles. The van der Waals surface area contributed by atoms with Gasteiger partial charge < -0.3 is 15.4 Å². The molecule has 0 saturated carbocycles. The summed E-state index contributed by atoms with van der Waals surface area (Å²) in [6, 6.07) is 4.50. The molecule has 2 aromatic rings. The molecule has 25 heavy (non-hydrogen) atoms. The molecule has 0 unspecified atom stereocenters. The summed E-state index contributed by atoms with van der Waals surface area (Å²) in [6.07, 6.45) is 1.46. The second-order valence-electron chi connectivity index (χ2n) is 5.58. The fourth-order valence-corrected chi connectivity index (χ4v) is 2.18. The van der Waals surface area contributed by atoms with E-state index in [0.717, 1.165) is 6.92 Å². The fourth-order valence-electron chi connectivity index (χ4n) is 2.18. The third-order valence-corrected chi connectivity index (χ3v) is 3.15. The first-order chi connectivity index (χ1) is 11.7. The number of nitrogens with one attached hydrogen (secondary N) is 2. The second-order valence-corrected chi connectivity index (χ2v) is 5.58. The Morgan fingerprint density at radius 2 is 2.04 bits per heavy atom. The van der Waals surface area contributed by atoms with Crippen LogP contribution in [-0.4, -0.2) is 22.5 Å². The van der Waals surface area contributed by atoms with Crippen molar-refractivity contribution in [2.24, 2.45) is 0 Å². The summed E-state index contributed by atoms with van der Waals surface area (Å²) < 4.78 is 32.7. The molecular formula is C17H20F2N4O2. The molecule has 0 bridgehead atoms. The topological polar surface area (TPSA) is 76.1 Å². The lowest BCUT2D eigenvalue weighted by molar-refractivity contribution is -0.114. The van der Waals surface area contributed by atoms with Crippen LogP contribution in [0.2, 0.25) is 0 Å². The summed E-state index contributed by atoms with van der Waals surface area (Å²) in [4.78, 5) is 19.2. The molecule has 0 aromatic carbocycles. The molecule has 0 spiro atoms. The number of nitrogens with zero attached hydrogens (tertiary/aromatic N) is 2. The minimum atomic E-state index is -3.05. The minimum Gasteiger partial charge on any atom is -0.490 e. The molecule has 8 heteroatoms. The molecule has 6 nitrogen and oxygen atoms in total. The minimum absolute atomic E-state index is 0.268. The van der Waals surface area contributed by atoms with Crippen LogP contribution in [0.5, 0.6) is 5.75 Å². The lowest BCUT2D eigenvalue weighted by Crippen LogP contribution is -2.11. The van der Waals surface area contributed by atoms with Gasteiger partial charge in [-0.1, -0.05) is 0 Å². The highest BCUT2D eigenvalue weighted by Crippen LogP contribution is 2.32. The number of carbonyl (C=O) groups excluding carboxylic acids is 1. The molecule has 2 rings (SSSR count). The number of carbonyl (C=O) groups is 1. The zero-order valence-electron chi connectivity index (χ0n) is 14.5. The van der Waals surface area contributed by atoms with Gasteiger partial charge in [0.15, 0.2) is 5.75 Å². The van der Waals surface area contributed by atoms with Crippen LogP contribution in [-0.2, 0) is 10.7 Å². The van der Waals surface area contributed by atoms with Gasteiger partial charge in [-0.15, -0.1) is 0 Å². The Morgan fingerprint density at radius 1 is 1.32 bits per heavy atom. The third-order valence-electron chi connectivity index (χ3n) is 3.15. The Hall–Kier alpha value is -2.77. The number of ether oxygens (including phenoxy) is 1. The number of aromatic nitrogens is 2. The van der Waals surface area contributed by atoms with Crippen LogP contribution in [0, 0.1) is 6.92 Å². The van der Waals surface area contributed by atoms with Crippen molar-refractivity contribution in [2.75, 3.05) is 17.2 Å².